The topological polar surface area (TPSA) is 58.1 Å². The van der Waals surface area contributed by atoms with Crippen LogP contribution in [0, 0.1) is 5.92 Å². The highest BCUT2D eigenvalue weighted by Gasteiger charge is 2.32. The summed E-state index contributed by atoms with van der Waals surface area (Å²) in [5, 5.41) is 11.2. The number of nitrogens with one attached hydrogen (secondary N) is 1. The van der Waals surface area contributed by atoms with Crippen molar-refractivity contribution in [2.75, 3.05) is 20.1 Å². The summed E-state index contributed by atoms with van der Waals surface area (Å²) in [6, 6.07) is 0. The van der Waals surface area contributed by atoms with Gasteiger partial charge in [0.05, 0.1) is 12.5 Å². The van der Waals surface area contributed by atoms with Gasteiger partial charge in [0.25, 0.3) is 0 Å². The van der Waals surface area contributed by atoms with Crippen molar-refractivity contribution in [2.24, 2.45) is 5.92 Å². The van der Waals surface area contributed by atoms with Crippen molar-refractivity contribution < 1.29 is 4.79 Å². The van der Waals surface area contributed by atoms with Gasteiger partial charge in [-0.3, -0.25) is 9.69 Å². The highest BCUT2D eigenvalue weighted by Crippen LogP contribution is 2.21. The molecule has 5 nitrogen and oxygen atoms in total. The molecule has 0 spiro atoms. The van der Waals surface area contributed by atoms with Gasteiger partial charge < -0.3 is 5.32 Å². The minimum absolute atomic E-state index is 0.113. The predicted octanol–water partition coefficient (Wildman–Crippen LogP) is 0.369. The number of hydrogen-bond acceptors (Lipinski definition) is 5. The van der Waals surface area contributed by atoms with Crippen molar-refractivity contribution in [2.45, 2.75) is 6.54 Å². The van der Waals surface area contributed by atoms with Gasteiger partial charge in [-0.2, -0.15) is 0 Å². The van der Waals surface area contributed by atoms with E-state index < -0.39 is 0 Å². The summed E-state index contributed by atoms with van der Waals surface area (Å²) in [4.78, 5) is 13.4. The molecule has 1 aliphatic heterocycles. The maximum Gasteiger partial charge on any atom is 0.225 e. The van der Waals surface area contributed by atoms with Gasteiger partial charge in [-0.1, -0.05) is 11.3 Å². The molecular weight excluding hydrogens is 236 g/mol. The molecule has 1 fully saturated rings. The zero-order valence-electron chi connectivity index (χ0n) is 8.23. The van der Waals surface area contributed by atoms with E-state index in [0.717, 1.165) is 24.6 Å². The molecular formula is C8H11ClN4OS. The minimum Gasteiger partial charge on any atom is -0.359 e. The molecule has 0 aliphatic carbocycles. The van der Waals surface area contributed by atoms with Crippen LogP contribution < -0.4 is 5.32 Å². The van der Waals surface area contributed by atoms with Crippen molar-refractivity contribution in [3.8, 4) is 0 Å². The molecule has 1 amide bonds. The Morgan fingerprint density at radius 2 is 2.40 bits per heavy atom. The zero-order valence-corrected chi connectivity index (χ0v) is 9.81. The second-order valence-electron chi connectivity index (χ2n) is 3.45. The lowest BCUT2D eigenvalue weighted by Crippen LogP contribution is -2.52. The number of amides is 1. The lowest BCUT2D eigenvalue weighted by atomic mass is 9.99. The molecule has 0 unspecified atom stereocenters. The number of hydrogen-bond donors (Lipinski definition) is 1. The smallest absolute Gasteiger partial charge is 0.225 e. The van der Waals surface area contributed by atoms with E-state index in [1.165, 1.54) is 11.3 Å². The van der Waals surface area contributed by atoms with Gasteiger partial charge in [-0.15, -0.1) is 10.2 Å². The third kappa shape index (κ3) is 2.45. The molecule has 0 bridgehead atoms. The molecule has 7 heteroatoms. The first-order valence-electron chi connectivity index (χ1n) is 4.61. The van der Waals surface area contributed by atoms with Crippen LogP contribution in [0.5, 0.6) is 0 Å². The fourth-order valence-electron chi connectivity index (χ4n) is 1.56. The van der Waals surface area contributed by atoms with Crippen LogP contribution >= 0.6 is 22.9 Å². The van der Waals surface area contributed by atoms with Crippen LogP contribution in [0.3, 0.4) is 0 Å². The Balaban J connectivity index is 1.79. The van der Waals surface area contributed by atoms with Crippen LogP contribution in [-0.2, 0) is 11.3 Å². The molecule has 15 heavy (non-hydrogen) atoms. The predicted molar refractivity (Wildman–Crippen MR) is 57.8 cm³/mol. The van der Waals surface area contributed by atoms with Crippen LogP contribution in [0.25, 0.3) is 0 Å². The summed E-state index contributed by atoms with van der Waals surface area (Å²) in [6.45, 7) is 2.31. The largest absolute Gasteiger partial charge is 0.359 e. The van der Waals surface area contributed by atoms with Crippen LogP contribution in [0.15, 0.2) is 0 Å². The normalized spacial score (nSPS) is 17.5. The minimum atomic E-state index is 0.113. The van der Waals surface area contributed by atoms with Crippen LogP contribution in [0.4, 0.5) is 0 Å². The highest BCUT2D eigenvalue weighted by molar-refractivity contribution is 7.15. The lowest BCUT2D eigenvalue weighted by Gasteiger charge is -2.37. The van der Waals surface area contributed by atoms with Crippen molar-refractivity contribution in [1.82, 2.24) is 20.4 Å². The molecule has 0 saturated carbocycles. The third-order valence-corrected chi connectivity index (χ3v) is 3.38. The zero-order chi connectivity index (χ0) is 10.8. The number of nitrogens with zero attached hydrogens (tertiary/aromatic N) is 3. The standard InChI is InChI=1S/C8H11ClN4OS/c1-10-7(14)5-2-13(3-5)4-6-11-12-8(9)15-6/h5H,2-4H2,1H3,(H,10,14). The molecule has 1 aliphatic rings. The molecule has 0 radical (unpaired) electrons. The molecule has 1 aromatic heterocycles. The van der Waals surface area contributed by atoms with E-state index in [9.17, 15) is 4.79 Å². The average Bonchev–Trinajstić information content (AvgIpc) is 2.56. The first-order valence-corrected chi connectivity index (χ1v) is 5.80. The number of carbonyl (C=O) groups excluding carboxylic acids is 1. The fourth-order valence-corrected chi connectivity index (χ4v) is 2.47. The quantitative estimate of drug-likeness (QED) is 0.837. The van der Waals surface area contributed by atoms with Crippen LogP contribution in [-0.4, -0.2) is 41.1 Å². The van der Waals surface area contributed by atoms with Gasteiger partial charge in [-0.25, -0.2) is 0 Å². The Morgan fingerprint density at radius 3 is 2.93 bits per heavy atom. The van der Waals surface area contributed by atoms with E-state index in [4.69, 9.17) is 11.6 Å². The summed E-state index contributed by atoms with van der Waals surface area (Å²) < 4.78 is 0.466. The Hall–Kier alpha value is -0.720. The molecule has 1 saturated heterocycles. The van der Waals surface area contributed by atoms with Gasteiger partial charge in [0.15, 0.2) is 0 Å². The Labute approximate surface area is 96.4 Å². The summed E-state index contributed by atoms with van der Waals surface area (Å²) in [5.74, 6) is 0.236. The lowest BCUT2D eigenvalue weighted by molar-refractivity contribution is -0.129. The molecule has 2 rings (SSSR count). The first kappa shape index (κ1) is 10.8. The van der Waals surface area contributed by atoms with Crippen molar-refractivity contribution in [1.29, 1.82) is 0 Å². The third-order valence-electron chi connectivity index (χ3n) is 2.38. The Morgan fingerprint density at radius 1 is 1.67 bits per heavy atom. The number of aromatic nitrogens is 2. The molecule has 2 heterocycles. The Kier molecular flexibility index (Phi) is 3.18. The SMILES string of the molecule is CNC(=O)C1CN(Cc2nnc(Cl)s2)C1. The van der Waals surface area contributed by atoms with E-state index in [1.807, 2.05) is 0 Å². The first-order chi connectivity index (χ1) is 7.19. The number of rotatable bonds is 3. The van der Waals surface area contributed by atoms with E-state index >= 15 is 0 Å². The van der Waals surface area contributed by atoms with Gasteiger partial charge in [-0.05, 0) is 11.6 Å². The summed E-state index contributed by atoms with van der Waals surface area (Å²) in [6.07, 6.45) is 0. The van der Waals surface area contributed by atoms with E-state index in [-0.39, 0.29) is 11.8 Å². The molecule has 1 aromatic rings. The van der Waals surface area contributed by atoms with Crippen molar-refractivity contribution in [3.63, 3.8) is 0 Å². The second kappa shape index (κ2) is 4.42. The van der Waals surface area contributed by atoms with E-state index in [1.54, 1.807) is 7.05 Å². The van der Waals surface area contributed by atoms with Gasteiger partial charge in [0.1, 0.15) is 5.01 Å². The average molecular weight is 247 g/mol. The second-order valence-corrected chi connectivity index (χ2v) is 5.10. The van der Waals surface area contributed by atoms with Gasteiger partial charge >= 0.3 is 0 Å². The van der Waals surface area contributed by atoms with Crippen molar-refractivity contribution in [3.05, 3.63) is 9.47 Å². The monoisotopic (exact) mass is 246 g/mol. The maximum atomic E-state index is 11.2. The van der Waals surface area contributed by atoms with Crippen LogP contribution in [0.1, 0.15) is 5.01 Å². The summed E-state index contributed by atoms with van der Waals surface area (Å²) in [5.41, 5.74) is 0. The molecule has 0 aromatic carbocycles. The Bertz CT molecular complexity index is 363. The summed E-state index contributed by atoms with van der Waals surface area (Å²) >= 11 is 7.05. The van der Waals surface area contributed by atoms with Gasteiger partial charge in [0.2, 0.25) is 10.4 Å². The highest BCUT2D eigenvalue weighted by atomic mass is 35.5. The van der Waals surface area contributed by atoms with Crippen molar-refractivity contribution >= 4 is 28.8 Å². The number of likely N-dealkylation sites (tertiary alicyclic amines) is 1. The number of carbonyl (C=O) groups is 1. The maximum absolute atomic E-state index is 11.2. The molecule has 1 N–H and O–H groups in total. The number of halogens is 1. The summed E-state index contributed by atoms with van der Waals surface area (Å²) in [7, 11) is 1.66. The van der Waals surface area contributed by atoms with E-state index in [0.29, 0.717) is 4.47 Å². The molecule has 0 atom stereocenters. The fraction of sp³-hybridized carbons (Fsp3) is 0.625. The van der Waals surface area contributed by atoms with Crippen LogP contribution in [0.2, 0.25) is 4.47 Å². The molecule has 82 valence electrons. The van der Waals surface area contributed by atoms with E-state index in [2.05, 4.69) is 20.4 Å². The van der Waals surface area contributed by atoms with Gasteiger partial charge in [0, 0.05) is 20.1 Å².